The lowest BCUT2D eigenvalue weighted by Gasteiger charge is -2.11. The number of aryl methyl sites for hydroxylation is 2. The Hall–Kier alpha value is -2.40. The summed E-state index contributed by atoms with van der Waals surface area (Å²) in [6, 6.07) is 8.45. The van der Waals surface area contributed by atoms with Gasteiger partial charge in [-0.2, -0.15) is 0 Å². The van der Waals surface area contributed by atoms with Gasteiger partial charge in [-0.3, -0.25) is 0 Å². The molecule has 0 N–H and O–H groups in total. The maximum atomic E-state index is 4.52. The minimum atomic E-state index is 0.978. The van der Waals surface area contributed by atoms with Crippen molar-refractivity contribution in [3.8, 4) is 22.8 Å². The van der Waals surface area contributed by atoms with Gasteiger partial charge in [0.05, 0.1) is 0 Å². The van der Waals surface area contributed by atoms with E-state index in [1.54, 1.807) is 0 Å². The van der Waals surface area contributed by atoms with E-state index in [1.807, 2.05) is 30.2 Å². The van der Waals surface area contributed by atoms with E-state index >= 15 is 0 Å². The molecule has 120 valence electrons. The average molecular weight is 309 g/mol. The summed E-state index contributed by atoms with van der Waals surface area (Å²) in [6.45, 7) is 2.06. The molecule has 0 spiro atoms. The van der Waals surface area contributed by atoms with Crippen LogP contribution < -0.4 is 0 Å². The van der Waals surface area contributed by atoms with E-state index in [1.165, 1.54) is 0 Å². The number of benzene rings is 1. The molecule has 1 aromatic carbocycles. The Balaban J connectivity index is 1.78. The van der Waals surface area contributed by atoms with Crippen molar-refractivity contribution in [2.45, 2.75) is 13.0 Å². The van der Waals surface area contributed by atoms with E-state index < -0.39 is 0 Å². The molecule has 2 aromatic heterocycles. The zero-order valence-corrected chi connectivity index (χ0v) is 14.0. The molecule has 0 saturated carbocycles. The molecular formula is C18H23N5. The number of hydrogen-bond donors (Lipinski definition) is 0. The normalized spacial score (nSPS) is 11.3. The minimum absolute atomic E-state index is 0.978. The largest absolute Gasteiger partial charge is 0.334 e. The first kappa shape index (κ1) is 15.5. The highest BCUT2D eigenvalue weighted by molar-refractivity contribution is 5.63. The van der Waals surface area contributed by atoms with E-state index in [-0.39, 0.29) is 0 Å². The summed E-state index contributed by atoms with van der Waals surface area (Å²) in [4.78, 5) is 11.1. The number of rotatable bonds is 6. The van der Waals surface area contributed by atoms with E-state index in [4.69, 9.17) is 0 Å². The molecule has 0 aliphatic heterocycles. The lowest BCUT2D eigenvalue weighted by atomic mass is 10.1. The molecular weight excluding hydrogens is 286 g/mol. The Kier molecular flexibility index (Phi) is 4.57. The van der Waals surface area contributed by atoms with Crippen molar-refractivity contribution in [1.82, 2.24) is 24.0 Å². The molecule has 0 aliphatic carbocycles. The summed E-state index contributed by atoms with van der Waals surface area (Å²) >= 11 is 0. The second kappa shape index (κ2) is 6.79. The van der Waals surface area contributed by atoms with Crippen LogP contribution in [0.5, 0.6) is 0 Å². The zero-order valence-electron chi connectivity index (χ0n) is 14.0. The van der Waals surface area contributed by atoms with E-state index in [0.717, 1.165) is 42.3 Å². The summed E-state index contributed by atoms with van der Waals surface area (Å²) in [5.41, 5.74) is 2.25. The van der Waals surface area contributed by atoms with Crippen LogP contribution in [-0.2, 0) is 13.6 Å². The highest BCUT2D eigenvalue weighted by atomic mass is 15.1. The van der Waals surface area contributed by atoms with Gasteiger partial charge < -0.3 is 14.0 Å². The summed E-state index contributed by atoms with van der Waals surface area (Å²) in [5, 5.41) is 0. The van der Waals surface area contributed by atoms with Crippen LogP contribution in [0.3, 0.4) is 0 Å². The number of imidazole rings is 2. The SMILES string of the molecule is CN(C)CCCn1ccnc1-c1ccc(-c2nccn2C)cc1. The molecule has 0 unspecified atom stereocenters. The molecule has 0 bridgehead atoms. The third-order valence-corrected chi connectivity index (χ3v) is 3.94. The van der Waals surface area contributed by atoms with Crippen LogP contribution in [0.1, 0.15) is 6.42 Å². The predicted octanol–water partition coefficient (Wildman–Crippen LogP) is 2.90. The number of hydrogen-bond acceptors (Lipinski definition) is 3. The molecule has 0 atom stereocenters. The monoisotopic (exact) mass is 309 g/mol. The maximum Gasteiger partial charge on any atom is 0.139 e. The number of nitrogens with zero attached hydrogens (tertiary/aromatic N) is 5. The Bertz CT molecular complexity index is 752. The molecule has 2 heterocycles. The molecule has 0 saturated heterocycles. The molecule has 0 radical (unpaired) electrons. The number of aromatic nitrogens is 4. The Labute approximate surface area is 137 Å². The van der Waals surface area contributed by atoms with Gasteiger partial charge in [0.1, 0.15) is 11.6 Å². The Morgan fingerprint density at radius 1 is 0.913 bits per heavy atom. The van der Waals surface area contributed by atoms with Crippen molar-refractivity contribution in [1.29, 1.82) is 0 Å². The Morgan fingerprint density at radius 2 is 1.52 bits per heavy atom. The summed E-state index contributed by atoms with van der Waals surface area (Å²) < 4.78 is 4.25. The molecule has 3 aromatic rings. The minimum Gasteiger partial charge on any atom is -0.334 e. The van der Waals surface area contributed by atoms with Gasteiger partial charge in [-0.05, 0) is 27.1 Å². The van der Waals surface area contributed by atoms with Gasteiger partial charge in [0, 0.05) is 49.5 Å². The van der Waals surface area contributed by atoms with Gasteiger partial charge in [0.15, 0.2) is 0 Å². The van der Waals surface area contributed by atoms with Crippen molar-refractivity contribution in [2.24, 2.45) is 7.05 Å². The molecule has 0 fully saturated rings. The van der Waals surface area contributed by atoms with Crippen molar-refractivity contribution in [3.05, 3.63) is 49.1 Å². The summed E-state index contributed by atoms with van der Waals surface area (Å²) in [6.07, 6.45) is 8.82. The highest BCUT2D eigenvalue weighted by Crippen LogP contribution is 2.23. The first-order chi connectivity index (χ1) is 11.1. The standard InChI is InChI=1S/C18H23N5/c1-21(2)11-4-12-23-14-10-20-18(23)16-7-5-15(6-8-16)17-19-9-13-22(17)3/h5-10,13-14H,4,11-12H2,1-3H3. The molecule has 23 heavy (non-hydrogen) atoms. The van der Waals surface area contributed by atoms with Crippen molar-refractivity contribution >= 4 is 0 Å². The second-order valence-corrected chi connectivity index (χ2v) is 6.04. The van der Waals surface area contributed by atoms with Gasteiger partial charge in [-0.15, -0.1) is 0 Å². The zero-order chi connectivity index (χ0) is 16.2. The van der Waals surface area contributed by atoms with Crippen LogP contribution in [-0.4, -0.2) is 44.6 Å². The van der Waals surface area contributed by atoms with Gasteiger partial charge in [-0.25, -0.2) is 9.97 Å². The highest BCUT2D eigenvalue weighted by Gasteiger charge is 2.08. The fourth-order valence-electron chi connectivity index (χ4n) is 2.72. The van der Waals surface area contributed by atoms with Crippen molar-refractivity contribution in [2.75, 3.05) is 20.6 Å². The van der Waals surface area contributed by atoms with Crippen molar-refractivity contribution in [3.63, 3.8) is 0 Å². The first-order valence-corrected chi connectivity index (χ1v) is 7.89. The van der Waals surface area contributed by atoms with Crippen LogP contribution in [0.15, 0.2) is 49.1 Å². The van der Waals surface area contributed by atoms with E-state index in [2.05, 4.69) is 64.0 Å². The molecule has 0 amide bonds. The van der Waals surface area contributed by atoms with Gasteiger partial charge in [0.25, 0.3) is 0 Å². The lowest BCUT2D eigenvalue weighted by molar-refractivity contribution is 0.387. The fraction of sp³-hybridized carbons (Fsp3) is 0.333. The average Bonchev–Trinajstić information content (AvgIpc) is 3.16. The predicted molar refractivity (Wildman–Crippen MR) is 93.0 cm³/mol. The van der Waals surface area contributed by atoms with Crippen LogP contribution in [0.4, 0.5) is 0 Å². The van der Waals surface area contributed by atoms with Crippen LogP contribution in [0, 0.1) is 0 Å². The van der Waals surface area contributed by atoms with Crippen molar-refractivity contribution < 1.29 is 0 Å². The summed E-state index contributed by atoms with van der Waals surface area (Å²) in [5.74, 6) is 2.00. The lowest BCUT2D eigenvalue weighted by Crippen LogP contribution is -2.15. The van der Waals surface area contributed by atoms with E-state index in [0.29, 0.717) is 0 Å². The summed E-state index contributed by atoms with van der Waals surface area (Å²) in [7, 11) is 6.21. The van der Waals surface area contributed by atoms with Crippen LogP contribution in [0.25, 0.3) is 22.8 Å². The van der Waals surface area contributed by atoms with E-state index in [9.17, 15) is 0 Å². The quantitative estimate of drug-likeness (QED) is 0.703. The first-order valence-electron chi connectivity index (χ1n) is 7.89. The molecule has 0 aliphatic rings. The topological polar surface area (TPSA) is 38.9 Å². The fourth-order valence-corrected chi connectivity index (χ4v) is 2.72. The van der Waals surface area contributed by atoms with Crippen LogP contribution in [0.2, 0.25) is 0 Å². The second-order valence-electron chi connectivity index (χ2n) is 6.04. The van der Waals surface area contributed by atoms with Gasteiger partial charge >= 0.3 is 0 Å². The maximum absolute atomic E-state index is 4.52. The molecule has 5 heteroatoms. The smallest absolute Gasteiger partial charge is 0.139 e. The van der Waals surface area contributed by atoms with Crippen LogP contribution >= 0.6 is 0 Å². The third kappa shape index (κ3) is 3.51. The Morgan fingerprint density at radius 3 is 2.13 bits per heavy atom. The van der Waals surface area contributed by atoms with Gasteiger partial charge in [0.2, 0.25) is 0 Å². The van der Waals surface area contributed by atoms with Gasteiger partial charge in [-0.1, -0.05) is 24.3 Å². The molecule has 3 rings (SSSR count). The molecule has 5 nitrogen and oxygen atoms in total. The third-order valence-electron chi connectivity index (χ3n) is 3.94.